The number of aromatic nitrogens is 1. The molecular formula is C22H23F2N3O3. The van der Waals surface area contributed by atoms with Crippen molar-refractivity contribution in [2.24, 2.45) is 5.92 Å². The molecule has 0 saturated carbocycles. The normalized spacial score (nSPS) is 11.3. The van der Waals surface area contributed by atoms with E-state index in [2.05, 4.69) is 23.7 Å². The number of anilines is 1. The maximum atomic E-state index is 13.6. The highest BCUT2D eigenvalue weighted by molar-refractivity contribution is 6.00. The van der Waals surface area contributed by atoms with Crippen molar-refractivity contribution in [3.63, 3.8) is 0 Å². The summed E-state index contributed by atoms with van der Waals surface area (Å²) < 4.78 is 33.4. The van der Waals surface area contributed by atoms with E-state index in [1.807, 2.05) is 19.9 Å². The Morgan fingerprint density at radius 3 is 2.57 bits per heavy atom. The molecule has 0 unspecified atom stereocenters. The number of halogens is 2. The maximum absolute atomic E-state index is 13.6. The van der Waals surface area contributed by atoms with Crippen molar-refractivity contribution in [1.82, 2.24) is 4.57 Å². The van der Waals surface area contributed by atoms with Gasteiger partial charge in [-0.2, -0.15) is 5.26 Å². The Balaban J connectivity index is 2.06. The summed E-state index contributed by atoms with van der Waals surface area (Å²) in [5.74, 6) is -3.10. The zero-order chi connectivity index (χ0) is 22.4. The highest BCUT2D eigenvalue weighted by atomic mass is 19.1. The van der Waals surface area contributed by atoms with E-state index in [-0.39, 0.29) is 11.3 Å². The molecule has 0 saturated heterocycles. The van der Waals surface area contributed by atoms with Crippen LogP contribution in [0.3, 0.4) is 0 Å². The SMILES string of the molecule is Cc1cc(C=C(C#N)C(=O)OCC(=O)Nc2ccc(F)cc2F)c(C)n1CC(C)C. The first-order valence-electron chi connectivity index (χ1n) is 9.33. The van der Waals surface area contributed by atoms with Gasteiger partial charge in [0.15, 0.2) is 6.61 Å². The molecule has 0 aliphatic heterocycles. The second kappa shape index (κ2) is 9.83. The van der Waals surface area contributed by atoms with Gasteiger partial charge in [-0.25, -0.2) is 13.6 Å². The molecule has 0 atom stereocenters. The second-order valence-corrected chi connectivity index (χ2v) is 7.25. The Hall–Kier alpha value is -3.47. The van der Waals surface area contributed by atoms with Crippen LogP contribution in [0.25, 0.3) is 6.08 Å². The Labute approximate surface area is 173 Å². The number of esters is 1. The highest BCUT2D eigenvalue weighted by Crippen LogP contribution is 2.20. The second-order valence-electron chi connectivity index (χ2n) is 7.25. The number of nitriles is 1. The molecule has 0 radical (unpaired) electrons. The van der Waals surface area contributed by atoms with Crippen molar-refractivity contribution in [1.29, 1.82) is 5.26 Å². The van der Waals surface area contributed by atoms with E-state index in [1.54, 1.807) is 6.07 Å². The molecule has 1 N–H and O–H groups in total. The van der Waals surface area contributed by atoms with Crippen molar-refractivity contribution in [2.75, 3.05) is 11.9 Å². The molecular weight excluding hydrogens is 392 g/mol. The van der Waals surface area contributed by atoms with Gasteiger partial charge in [0.2, 0.25) is 0 Å². The highest BCUT2D eigenvalue weighted by Gasteiger charge is 2.16. The topological polar surface area (TPSA) is 84.1 Å². The number of rotatable bonds is 7. The molecule has 2 rings (SSSR count). The number of nitrogens with zero attached hydrogens (tertiary/aromatic N) is 2. The van der Waals surface area contributed by atoms with Gasteiger partial charge in [-0.3, -0.25) is 4.79 Å². The molecule has 0 bridgehead atoms. The van der Waals surface area contributed by atoms with Crippen molar-refractivity contribution in [3.8, 4) is 6.07 Å². The van der Waals surface area contributed by atoms with Gasteiger partial charge in [-0.15, -0.1) is 0 Å². The molecule has 2 aromatic rings. The molecule has 0 spiro atoms. The van der Waals surface area contributed by atoms with E-state index in [1.165, 1.54) is 6.08 Å². The smallest absolute Gasteiger partial charge is 0.349 e. The maximum Gasteiger partial charge on any atom is 0.349 e. The zero-order valence-corrected chi connectivity index (χ0v) is 17.3. The van der Waals surface area contributed by atoms with Crippen LogP contribution < -0.4 is 5.32 Å². The minimum absolute atomic E-state index is 0.244. The Morgan fingerprint density at radius 2 is 1.97 bits per heavy atom. The summed E-state index contributed by atoms with van der Waals surface area (Å²) in [6, 6.07) is 6.30. The van der Waals surface area contributed by atoms with Gasteiger partial charge in [0.1, 0.15) is 23.3 Å². The first-order valence-corrected chi connectivity index (χ1v) is 9.33. The van der Waals surface area contributed by atoms with Crippen LogP contribution in [-0.4, -0.2) is 23.1 Å². The summed E-state index contributed by atoms with van der Waals surface area (Å²) in [5.41, 5.74) is 2.11. The zero-order valence-electron chi connectivity index (χ0n) is 17.3. The number of ether oxygens (including phenoxy) is 1. The number of amides is 1. The van der Waals surface area contributed by atoms with Gasteiger partial charge in [0, 0.05) is 24.0 Å². The molecule has 158 valence electrons. The summed E-state index contributed by atoms with van der Waals surface area (Å²) in [6.45, 7) is 8.10. The van der Waals surface area contributed by atoms with E-state index in [9.17, 15) is 23.6 Å². The number of carbonyl (C=O) groups excluding carboxylic acids is 2. The van der Waals surface area contributed by atoms with Gasteiger partial charge in [0.05, 0.1) is 5.69 Å². The van der Waals surface area contributed by atoms with Gasteiger partial charge < -0.3 is 14.6 Å². The molecule has 1 aromatic heterocycles. The quantitative estimate of drug-likeness (QED) is 0.419. The fourth-order valence-electron chi connectivity index (χ4n) is 2.90. The van der Waals surface area contributed by atoms with Crippen LogP contribution in [0, 0.1) is 42.7 Å². The number of carbonyl (C=O) groups is 2. The third-order valence-corrected chi connectivity index (χ3v) is 4.34. The summed E-state index contributed by atoms with van der Waals surface area (Å²) in [5, 5.41) is 11.5. The number of hydrogen-bond donors (Lipinski definition) is 1. The van der Waals surface area contributed by atoms with E-state index in [4.69, 9.17) is 4.74 Å². The molecule has 8 heteroatoms. The van der Waals surface area contributed by atoms with E-state index in [0.29, 0.717) is 17.5 Å². The fraction of sp³-hybridized carbons (Fsp3) is 0.318. The largest absolute Gasteiger partial charge is 0.451 e. The predicted molar refractivity (Wildman–Crippen MR) is 108 cm³/mol. The van der Waals surface area contributed by atoms with Crippen molar-refractivity contribution < 1.29 is 23.1 Å². The summed E-state index contributed by atoms with van der Waals surface area (Å²) in [4.78, 5) is 24.1. The lowest BCUT2D eigenvalue weighted by molar-refractivity contribution is -0.142. The molecule has 1 aromatic carbocycles. The average Bonchev–Trinajstić information content (AvgIpc) is 2.93. The van der Waals surface area contributed by atoms with E-state index < -0.39 is 30.1 Å². The van der Waals surface area contributed by atoms with Crippen molar-refractivity contribution in [3.05, 3.63) is 58.4 Å². The molecule has 0 fully saturated rings. The van der Waals surface area contributed by atoms with Crippen molar-refractivity contribution in [2.45, 2.75) is 34.2 Å². The summed E-state index contributed by atoms with van der Waals surface area (Å²) >= 11 is 0. The van der Waals surface area contributed by atoms with Crippen LogP contribution in [0.1, 0.15) is 30.8 Å². The molecule has 6 nitrogen and oxygen atoms in total. The summed E-state index contributed by atoms with van der Waals surface area (Å²) in [7, 11) is 0. The molecule has 30 heavy (non-hydrogen) atoms. The van der Waals surface area contributed by atoms with Crippen LogP contribution in [0.4, 0.5) is 14.5 Å². The molecule has 0 aliphatic rings. The number of hydrogen-bond acceptors (Lipinski definition) is 4. The minimum Gasteiger partial charge on any atom is -0.451 e. The fourth-order valence-corrected chi connectivity index (χ4v) is 2.90. The van der Waals surface area contributed by atoms with Crippen LogP contribution in [-0.2, 0) is 20.9 Å². The van der Waals surface area contributed by atoms with Gasteiger partial charge in [0.25, 0.3) is 5.91 Å². The van der Waals surface area contributed by atoms with Gasteiger partial charge in [-0.05, 0) is 49.6 Å². The monoisotopic (exact) mass is 415 g/mol. The third-order valence-electron chi connectivity index (χ3n) is 4.34. The van der Waals surface area contributed by atoms with Crippen LogP contribution in [0.15, 0.2) is 29.8 Å². The lowest BCUT2D eigenvalue weighted by Gasteiger charge is -2.12. The Morgan fingerprint density at radius 1 is 1.27 bits per heavy atom. The lowest BCUT2D eigenvalue weighted by Crippen LogP contribution is -2.22. The third kappa shape index (κ3) is 5.77. The number of benzene rings is 1. The first-order chi connectivity index (χ1) is 14.1. The van der Waals surface area contributed by atoms with Crippen LogP contribution >= 0.6 is 0 Å². The molecule has 1 heterocycles. The average molecular weight is 415 g/mol. The van der Waals surface area contributed by atoms with Crippen molar-refractivity contribution >= 4 is 23.6 Å². The predicted octanol–water partition coefficient (Wildman–Crippen LogP) is 4.13. The first kappa shape index (κ1) is 22.8. The number of aryl methyl sites for hydroxylation is 1. The van der Waals surface area contributed by atoms with Gasteiger partial charge in [-0.1, -0.05) is 13.8 Å². The lowest BCUT2D eigenvalue weighted by atomic mass is 10.1. The van der Waals surface area contributed by atoms with E-state index in [0.717, 1.165) is 30.1 Å². The minimum atomic E-state index is -0.971. The Kier molecular flexibility index (Phi) is 7.48. The van der Waals surface area contributed by atoms with Gasteiger partial charge >= 0.3 is 5.97 Å². The van der Waals surface area contributed by atoms with Crippen LogP contribution in [0.5, 0.6) is 0 Å². The molecule has 0 aliphatic carbocycles. The van der Waals surface area contributed by atoms with E-state index >= 15 is 0 Å². The number of nitrogens with one attached hydrogen (secondary N) is 1. The molecule has 1 amide bonds. The van der Waals surface area contributed by atoms with Crippen LogP contribution in [0.2, 0.25) is 0 Å². The Bertz CT molecular complexity index is 1030. The summed E-state index contributed by atoms with van der Waals surface area (Å²) in [6.07, 6.45) is 1.42. The standard InChI is InChI=1S/C22H23F2N3O3/c1-13(2)11-27-14(3)7-16(15(27)4)8-17(10-25)22(29)30-12-21(28)26-20-6-5-18(23)9-19(20)24/h5-9,13H,11-12H2,1-4H3,(H,26,28).